The van der Waals surface area contributed by atoms with Crippen LogP contribution in [0.2, 0.25) is 0 Å². The monoisotopic (exact) mass is 357 g/mol. The summed E-state index contributed by atoms with van der Waals surface area (Å²) in [6, 6.07) is 8.31. The highest BCUT2D eigenvalue weighted by Crippen LogP contribution is 2.65. The molecule has 26 heavy (non-hydrogen) atoms. The number of benzene rings is 1. The van der Waals surface area contributed by atoms with Crippen LogP contribution in [0.5, 0.6) is 0 Å². The number of aryl methyl sites for hydroxylation is 1. The molecule has 1 aliphatic rings. The van der Waals surface area contributed by atoms with E-state index in [2.05, 4.69) is 55.2 Å². The molecule has 1 amide bonds. The van der Waals surface area contributed by atoms with Crippen molar-refractivity contribution >= 4 is 5.91 Å². The Morgan fingerprint density at radius 1 is 1.31 bits per heavy atom. The highest BCUT2D eigenvalue weighted by atomic mass is 16.5. The molecule has 1 aliphatic carbocycles. The predicted molar refractivity (Wildman–Crippen MR) is 97.4 cm³/mol. The van der Waals surface area contributed by atoms with Crippen LogP contribution in [0.4, 0.5) is 0 Å². The Morgan fingerprint density at radius 2 is 1.96 bits per heavy atom. The van der Waals surface area contributed by atoms with Gasteiger partial charge in [-0.3, -0.25) is 4.79 Å². The molecule has 2 aromatic rings. The van der Waals surface area contributed by atoms with Crippen LogP contribution >= 0.6 is 0 Å². The summed E-state index contributed by atoms with van der Waals surface area (Å²) in [5.41, 5.74) is 1.73. The number of hydrogen-bond donors (Lipinski definition) is 0. The summed E-state index contributed by atoms with van der Waals surface area (Å²) in [5, 5.41) is 3.88. The first kappa shape index (κ1) is 18.6. The van der Waals surface area contributed by atoms with Gasteiger partial charge in [-0.2, -0.15) is 4.98 Å². The van der Waals surface area contributed by atoms with Crippen LogP contribution in [-0.2, 0) is 28.1 Å². The molecule has 0 unspecified atom stereocenters. The van der Waals surface area contributed by atoms with E-state index < -0.39 is 5.41 Å². The van der Waals surface area contributed by atoms with Gasteiger partial charge in [0, 0.05) is 13.7 Å². The fraction of sp³-hybridized carbons (Fsp3) is 0.550. The Labute approximate surface area is 154 Å². The second-order valence-corrected chi connectivity index (χ2v) is 7.69. The normalized spacial score (nSPS) is 20.8. The largest absolute Gasteiger partial charge is 0.377 e. The van der Waals surface area contributed by atoms with Crippen LogP contribution in [0.1, 0.15) is 50.0 Å². The van der Waals surface area contributed by atoms with Crippen molar-refractivity contribution < 1.29 is 14.1 Å². The number of carbonyl (C=O) groups excluding carboxylic acids is 1. The summed E-state index contributed by atoms with van der Waals surface area (Å²) in [7, 11) is 1.58. The van der Waals surface area contributed by atoms with Gasteiger partial charge in [0.1, 0.15) is 6.61 Å². The van der Waals surface area contributed by atoms with Crippen molar-refractivity contribution in [2.45, 2.75) is 52.7 Å². The highest BCUT2D eigenvalue weighted by Gasteiger charge is 2.67. The van der Waals surface area contributed by atoms with Gasteiger partial charge in [0.15, 0.2) is 5.82 Å². The molecular weight excluding hydrogens is 330 g/mol. The van der Waals surface area contributed by atoms with E-state index in [-0.39, 0.29) is 11.3 Å². The van der Waals surface area contributed by atoms with Crippen LogP contribution in [-0.4, -0.2) is 34.6 Å². The Bertz CT molecular complexity index is 782. The van der Waals surface area contributed by atoms with E-state index >= 15 is 0 Å². The second-order valence-electron chi connectivity index (χ2n) is 7.69. The molecule has 6 heteroatoms. The molecule has 140 valence electrons. The fourth-order valence-electron chi connectivity index (χ4n) is 3.74. The van der Waals surface area contributed by atoms with Gasteiger partial charge in [0.25, 0.3) is 0 Å². The van der Waals surface area contributed by atoms with Gasteiger partial charge in [-0.15, -0.1) is 0 Å². The molecule has 3 rings (SSSR count). The van der Waals surface area contributed by atoms with Crippen LogP contribution in [0.3, 0.4) is 0 Å². The maximum atomic E-state index is 13.5. The minimum absolute atomic E-state index is 0.0667. The Morgan fingerprint density at radius 3 is 2.50 bits per heavy atom. The quantitative estimate of drug-likeness (QED) is 0.761. The van der Waals surface area contributed by atoms with Gasteiger partial charge < -0.3 is 14.2 Å². The van der Waals surface area contributed by atoms with Gasteiger partial charge >= 0.3 is 0 Å². The summed E-state index contributed by atoms with van der Waals surface area (Å²) in [5.74, 6) is 1.05. The van der Waals surface area contributed by atoms with Crippen molar-refractivity contribution in [1.29, 1.82) is 0 Å². The third-order valence-electron chi connectivity index (χ3n) is 5.43. The summed E-state index contributed by atoms with van der Waals surface area (Å²) in [6.45, 7) is 9.54. The van der Waals surface area contributed by atoms with Gasteiger partial charge in [-0.05, 0) is 31.2 Å². The third kappa shape index (κ3) is 3.14. The highest BCUT2D eigenvalue weighted by molar-refractivity contribution is 5.93. The number of amides is 1. The maximum absolute atomic E-state index is 13.5. The van der Waals surface area contributed by atoms with Gasteiger partial charge in [0.2, 0.25) is 11.8 Å². The van der Waals surface area contributed by atoms with Crippen LogP contribution in [0.15, 0.2) is 28.8 Å². The lowest BCUT2D eigenvalue weighted by molar-refractivity contribution is -0.135. The van der Waals surface area contributed by atoms with Crippen molar-refractivity contribution in [3.63, 3.8) is 0 Å². The number of aromatic nitrogens is 2. The molecule has 6 nitrogen and oxygen atoms in total. The summed E-state index contributed by atoms with van der Waals surface area (Å²) >= 11 is 0. The lowest BCUT2D eigenvalue weighted by Crippen LogP contribution is -2.41. The van der Waals surface area contributed by atoms with Crippen LogP contribution in [0, 0.1) is 12.3 Å². The summed E-state index contributed by atoms with van der Waals surface area (Å²) in [6.07, 6.45) is 0.844. The first-order chi connectivity index (χ1) is 12.3. The Hall–Kier alpha value is -2.21. The van der Waals surface area contributed by atoms with Crippen LogP contribution < -0.4 is 0 Å². The number of methoxy groups -OCH3 is 1. The van der Waals surface area contributed by atoms with E-state index in [0.29, 0.717) is 31.4 Å². The van der Waals surface area contributed by atoms with E-state index in [9.17, 15) is 4.79 Å². The Kier molecular flexibility index (Phi) is 4.88. The van der Waals surface area contributed by atoms with Crippen molar-refractivity contribution in [2.24, 2.45) is 5.41 Å². The lowest BCUT2D eigenvalue weighted by atomic mass is 9.86. The average molecular weight is 357 g/mol. The van der Waals surface area contributed by atoms with E-state index in [1.807, 2.05) is 6.92 Å². The zero-order chi connectivity index (χ0) is 18.9. The van der Waals surface area contributed by atoms with Crippen LogP contribution in [0.25, 0.3) is 0 Å². The molecule has 1 aromatic heterocycles. The molecule has 0 saturated heterocycles. The SMILES string of the molecule is CCN(Cc1nc(COC)no1)C(=O)[C@]1(c2ccc(C)cc2)CC1(C)C. The number of carbonyl (C=O) groups is 1. The zero-order valence-electron chi connectivity index (χ0n) is 16.2. The van der Waals surface area contributed by atoms with Gasteiger partial charge in [0.05, 0.1) is 12.0 Å². The minimum atomic E-state index is -0.480. The van der Waals surface area contributed by atoms with Crippen molar-refractivity contribution in [2.75, 3.05) is 13.7 Å². The molecule has 0 bridgehead atoms. The maximum Gasteiger partial charge on any atom is 0.246 e. The molecule has 1 heterocycles. The fourth-order valence-corrected chi connectivity index (χ4v) is 3.74. The smallest absolute Gasteiger partial charge is 0.246 e. The molecule has 1 fully saturated rings. The van der Waals surface area contributed by atoms with E-state index in [4.69, 9.17) is 9.26 Å². The minimum Gasteiger partial charge on any atom is -0.377 e. The summed E-state index contributed by atoms with van der Waals surface area (Å²) in [4.78, 5) is 19.6. The van der Waals surface area contributed by atoms with Gasteiger partial charge in [-0.1, -0.05) is 48.8 Å². The molecule has 0 spiro atoms. The van der Waals surface area contributed by atoms with Crippen molar-refractivity contribution in [1.82, 2.24) is 15.0 Å². The molecule has 0 radical (unpaired) electrons. The topological polar surface area (TPSA) is 68.5 Å². The number of nitrogens with zero attached hydrogens (tertiary/aromatic N) is 3. The molecule has 1 saturated carbocycles. The van der Waals surface area contributed by atoms with Gasteiger partial charge in [-0.25, -0.2) is 0 Å². The first-order valence-corrected chi connectivity index (χ1v) is 9.01. The molecule has 0 aliphatic heterocycles. The Balaban J connectivity index is 1.84. The molecule has 1 atom stereocenters. The zero-order valence-corrected chi connectivity index (χ0v) is 16.2. The molecular formula is C20H27N3O3. The summed E-state index contributed by atoms with van der Waals surface area (Å²) < 4.78 is 10.3. The predicted octanol–water partition coefficient (Wildman–Crippen LogP) is 3.24. The number of rotatable bonds is 7. The number of hydrogen-bond acceptors (Lipinski definition) is 5. The number of likely N-dealkylation sites (N-methyl/N-ethyl adjacent to an activating group) is 1. The van der Waals surface area contributed by atoms with E-state index in [0.717, 1.165) is 12.0 Å². The van der Waals surface area contributed by atoms with Crippen molar-refractivity contribution in [3.8, 4) is 0 Å². The molecule has 1 aromatic carbocycles. The first-order valence-electron chi connectivity index (χ1n) is 9.01. The molecule has 0 N–H and O–H groups in total. The average Bonchev–Trinajstić information content (AvgIpc) is 2.96. The standard InChI is InChI=1S/C20H27N3O3/c1-6-23(11-17-21-16(12-25-5)22-26-17)18(24)20(13-19(20,3)4)15-9-7-14(2)8-10-15/h7-10H,6,11-13H2,1-5H3/t20-/m1/s1. The van der Waals surface area contributed by atoms with E-state index in [1.165, 1.54) is 5.56 Å². The van der Waals surface area contributed by atoms with Crippen molar-refractivity contribution in [3.05, 3.63) is 47.1 Å². The van der Waals surface area contributed by atoms with E-state index in [1.54, 1.807) is 12.0 Å². The second kappa shape index (κ2) is 6.83. The third-order valence-corrected chi connectivity index (χ3v) is 5.43. The lowest BCUT2D eigenvalue weighted by Gasteiger charge is -2.28. The number of ether oxygens (including phenoxy) is 1.